The van der Waals surface area contributed by atoms with Gasteiger partial charge in [0.1, 0.15) is 0 Å². The van der Waals surface area contributed by atoms with E-state index in [2.05, 4.69) is 43.5 Å². The van der Waals surface area contributed by atoms with E-state index in [1.54, 1.807) is 0 Å². The molecule has 0 saturated carbocycles. The van der Waals surface area contributed by atoms with Crippen LogP contribution in [-0.2, 0) is 6.54 Å². The number of thiol groups is 1. The molecule has 2 heteroatoms. The van der Waals surface area contributed by atoms with Gasteiger partial charge in [0, 0.05) is 11.4 Å². The van der Waals surface area contributed by atoms with Gasteiger partial charge in [-0.2, -0.15) is 0 Å². The smallest absolute Gasteiger partial charge is 0.0233 e. The first kappa shape index (κ1) is 10.6. The van der Waals surface area contributed by atoms with Crippen molar-refractivity contribution in [3.8, 4) is 0 Å². The molecule has 0 aliphatic rings. The molecule has 0 saturated heterocycles. The van der Waals surface area contributed by atoms with Gasteiger partial charge in [-0.05, 0) is 30.8 Å². The summed E-state index contributed by atoms with van der Waals surface area (Å²) in [5.41, 5.74) is 1.36. The maximum atomic E-state index is 4.25. The zero-order valence-corrected chi connectivity index (χ0v) is 9.22. The molecule has 0 bridgehead atoms. The highest BCUT2D eigenvalue weighted by atomic mass is 32.1. The zero-order valence-electron chi connectivity index (χ0n) is 8.33. The number of hydrogen-bond acceptors (Lipinski definition) is 2. The molecule has 0 spiro atoms. The highest BCUT2D eigenvalue weighted by Gasteiger charge is 1.99. The van der Waals surface area contributed by atoms with Gasteiger partial charge in [0.25, 0.3) is 0 Å². The van der Waals surface area contributed by atoms with Crippen molar-refractivity contribution in [3.63, 3.8) is 0 Å². The molecule has 0 heterocycles. The molecule has 13 heavy (non-hydrogen) atoms. The standard InChI is InChI=1S/C11H17NS/c1-3-12(4-2)9-10-5-7-11(13)8-6-10/h5-8,13H,3-4,9H2,1-2H3. The molecule has 1 aromatic carbocycles. The summed E-state index contributed by atoms with van der Waals surface area (Å²) in [6, 6.07) is 8.37. The minimum Gasteiger partial charge on any atom is -0.300 e. The van der Waals surface area contributed by atoms with E-state index in [-0.39, 0.29) is 0 Å². The summed E-state index contributed by atoms with van der Waals surface area (Å²) in [7, 11) is 0. The van der Waals surface area contributed by atoms with Crippen molar-refractivity contribution < 1.29 is 0 Å². The summed E-state index contributed by atoms with van der Waals surface area (Å²) in [5, 5.41) is 0. The third-order valence-electron chi connectivity index (χ3n) is 2.24. The molecular formula is C11H17NS. The van der Waals surface area contributed by atoms with Gasteiger partial charge in [-0.25, -0.2) is 0 Å². The van der Waals surface area contributed by atoms with Gasteiger partial charge in [0.05, 0.1) is 0 Å². The lowest BCUT2D eigenvalue weighted by molar-refractivity contribution is 0.296. The number of hydrogen-bond donors (Lipinski definition) is 1. The summed E-state index contributed by atoms with van der Waals surface area (Å²) in [4.78, 5) is 3.43. The normalized spacial score (nSPS) is 10.8. The summed E-state index contributed by atoms with van der Waals surface area (Å²) in [6.45, 7) is 7.65. The second-order valence-electron chi connectivity index (χ2n) is 3.13. The van der Waals surface area contributed by atoms with Crippen LogP contribution in [0.5, 0.6) is 0 Å². The molecule has 1 nitrogen and oxygen atoms in total. The summed E-state index contributed by atoms with van der Waals surface area (Å²) in [6.07, 6.45) is 0. The Kier molecular flexibility index (Phi) is 4.33. The summed E-state index contributed by atoms with van der Waals surface area (Å²) < 4.78 is 0. The van der Waals surface area contributed by atoms with Crippen LogP contribution in [0.3, 0.4) is 0 Å². The Hall–Kier alpha value is -0.470. The fourth-order valence-corrected chi connectivity index (χ4v) is 1.46. The quantitative estimate of drug-likeness (QED) is 0.723. The monoisotopic (exact) mass is 195 g/mol. The maximum Gasteiger partial charge on any atom is 0.0233 e. The van der Waals surface area contributed by atoms with Crippen molar-refractivity contribution in [2.45, 2.75) is 25.3 Å². The molecule has 0 aromatic heterocycles. The van der Waals surface area contributed by atoms with E-state index in [1.807, 2.05) is 12.1 Å². The molecule has 0 aliphatic carbocycles. The first-order valence-corrected chi connectivity index (χ1v) is 5.21. The average molecular weight is 195 g/mol. The van der Waals surface area contributed by atoms with Gasteiger partial charge in [0.15, 0.2) is 0 Å². The lowest BCUT2D eigenvalue weighted by atomic mass is 10.2. The van der Waals surface area contributed by atoms with Crippen LogP contribution in [0.25, 0.3) is 0 Å². The van der Waals surface area contributed by atoms with Crippen LogP contribution < -0.4 is 0 Å². The van der Waals surface area contributed by atoms with Crippen molar-refractivity contribution in [2.24, 2.45) is 0 Å². The molecule has 0 amide bonds. The van der Waals surface area contributed by atoms with Crippen molar-refractivity contribution >= 4 is 12.6 Å². The van der Waals surface area contributed by atoms with Crippen LogP contribution in [0.2, 0.25) is 0 Å². The number of rotatable bonds is 4. The first-order valence-electron chi connectivity index (χ1n) is 4.76. The summed E-state index contributed by atoms with van der Waals surface area (Å²) in [5.74, 6) is 0. The lowest BCUT2D eigenvalue weighted by Gasteiger charge is -2.17. The average Bonchev–Trinajstić information content (AvgIpc) is 2.17. The lowest BCUT2D eigenvalue weighted by Crippen LogP contribution is -2.21. The topological polar surface area (TPSA) is 3.24 Å². The van der Waals surface area contributed by atoms with Crippen LogP contribution in [-0.4, -0.2) is 18.0 Å². The van der Waals surface area contributed by atoms with Crippen molar-refractivity contribution in [1.29, 1.82) is 0 Å². The Balaban J connectivity index is 2.58. The third-order valence-corrected chi connectivity index (χ3v) is 2.54. The molecule has 0 N–H and O–H groups in total. The van der Waals surface area contributed by atoms with Crippen LogP contribution in [0, 0.1) is 0 Å². The van der Waals surface area contributed by atoms with Crippen LogP contribution in [0.4, 0.5) is 0 Å². The second kappa shape index (κ2) is 5.30. The largest absolute Gasteiger partial charge is 0.300 e. The van der Waals surface area contributed by atoms with Gasteiger partial charge < -0.3 is 0 Å². The summed E-state index contributed by atoms with van der Waals surface area (Å²) >= 11 is 4.25. The fraction of sp³-hybridized carbons (Fsp3) is 0.455. The highest BCUT2D eigenvalue weighted by molar-refractivity contribution is 7.80. The van der Waals surface area contributed by atoms with E-state index in [9.17, 15) is 0 Å². The van der Waals surface area contributed by atoms with Crippen molar-refractivity contribution in [3.05, 3.63) is 29.8 Å². The fourth-order valence-electron chi connectivity index (χ4n) is 1.31. The first-order chi connectivity index (χ1) is 6.26. The minimum atomic E-state index is 1.03. The molecule has 0 fully saturated rings. The Labute approximate surface area is 86.2 Å². The predicted octanol–water partition coefficient (Wildman–Crippen LogP) is 2.82. The van der Waals surface area contributed by atoms with Gasteiger partial charge in [-0.1, -0.05) is 26.0 Å². The van der Waals surface area contributed by atoms with E-state index >= 15 is 0 Å². The number of nitrogens with zero attached hydrogens (tertiary/aromatic N) is 1. The molecule has 72 valence electrons. The van der Waals surface area contributed by atoms with Gasteiger partial charge in [0.2, 0.25) is 0 Å². The maximum absolute atomic E-state index is 4.25. The van der Waals surface area contributed by atoms with Crippen molar-refractivity contribution in [2.75, 3.05) is 13.1 Å². The minimum absolute atomic E-state index is 1.03. The zero-order chi connectivity index (χ0) is 9.68. The van der Waals surface area contributed by atoms with E-state index in [0.717, 1.165) is 24.5 Å². The molecular weight excluding hydrogens is 178 g/mol. The second-order valence-corrected chi connectivity index (χ2v) is 3.64. The Morgan fingerprint density at radius 2 is 1.62 bits per heavy atom. The molecule has 0 aliphatic heterocycles. The van der Waals surface area contributed by atoms with E-state index in [0.29, 0.717) is 0 Å². The van der Waals surface area contributed by atoms with Crippen LogP contribution in [0.15, 0.2) is 29.2 Å². The highest BCUT2D eigenvalue weighted by Crippen LogP contribution is 2.09. The molecule has 0 radical (unpaired) electrons. The molecule has 0 atom stereocenters. The predicted molar refractivity (Wildman–Crippen MR) is 60.3 cm³/mol. The van der Waals surface area contributed by atoms with Gasteiger partial charge in [-0.3, -0.25) is 4.90 Å². The molecule has 0 unspecified atom stereocenters. The Morgan fingerprint density at radius 1 is 1.08 bits per heavy atom. The van der Waals surface area contributed by atoms with Crippen LogP contribution in [0.1, 0.15) is 19.4 Å². The SMILES string of the molecule is CCN(CC)Cc1ccc(S)cc1. The van der Waals surface area contributed by atoms with Crippen molar-refractivity contribution in [1.82, 2.24) is 4.90 Å². The Bertz CT molecular complexity index is 239. The van der Waals surface area contributed by atoms with Crippen LogP contribution >= 0.6 is 12.6 Å². The van der Waals surface area contributed by atoms with E-state index in [1.165, 1.54) is 5.56 Å². The molecule has 1 rings (SSSR count). The van der Waals surface area contributed by atoms with E-state index < -0.39 is 0 Å². The van der Waals surface area contributed by atoms with Gasteiger partial charge >= 0.3 is 0 Å². The molecule has 1 aromatic rings. The Morgan fingerprint density at radius 3 is 2.08 bits per heavy atom. The third kappa shape index (κ3) is 3.41. The van der Waals surface area contributed by atoms with E-state index in [4.69, 9.17) is 0 Å². The number of benzene rings is 1. The van der Waals surface area contributed by atoms with Gasteiger partial charge in [-0.15, -0.1) is 12.6 Å².